The van der Waals surface area contributed by atoms with E-state index in [2.05, 4.69) is 9.72 Å². The Morgan fingerprint density at radius 3 is 3.21 bits per heavy atom. The van der Waals surface area contributed by atoms with Gasteiger partial charge in [0.2, 0.25) is 0 Å². The molecule has 0 radical (unpaired) electrons. The van der Waals surface area contributed by atoms with Crippen LogP contribution in [0.25, 0.3) is 6.08 Å². The minimum atomic E-state index is -0.772. The molecular formula is C9H10N2O3. The van der Waals surface area contributed by atoms with Gasteiger partial charge in [-0.1, -0.05) is 0 Å². The lowest BCUT2D eigenvalue weighted by molar-refractivity contribution is -0.162. The largest absolute Gasteiger partial charge is 0.467 e. The van der Waals surface area contributed by atoms with Gasteiger partial charge in [0.05, 0.1) is 7.11 Å². The van der Waals surface area contributed by atoms with Crippen LogP contribution in [0.4, 0.5) is 0 Å². The second-order valence-corrected chi connectivity index (χ2v) is 2.97. The van der Waals surface area contributed by atoms with E-state index in [0.29, 0.717) is 5.56 Å². The van der Waals surface area contributed by atoms with Crippen molar-refractivity contribution in [2.75, 3.05) is 7.11 Å². The molecule has 2 N–H and O–H groups in total. The summed E-state index contributed by atoms with van der Waals surface area (Å²) in [6.45, 7) is 0. The molecule has 1 aliphatic rings. The molecular weight excluding hydrogens is 184 g/mol. The summed E-state index contributed by atoms with van der Waals surface area (Å²) in [7, 11) is 1.29. The highest BCUT2D eigenvalue weighted by atomic mass is 16.5. The van der Waals surface area contributed by atoms with Gasteiger partial charge in [-0.2, -0.15) is 0 Å². The Bertz CT molecular complexity index is 383. The van der Waals surface area contributed by atoms with Crippen molar-refractivity contribution < 1.29 is 14.7 Å². The predicted octanol–water partition coefficient (Wildman–Crippen LogP) is 0.904. The number of hydroxylamine groups is 2. The van der Waals surface area contributed by atoms with Crippen molar-refractivity contribution in [3.8, 4) is 0 Å². The van der Waals surface area contributed by atoms with Crippen LogP contribution >= 0.6 is 0 Å². The molecule has 5 heteroatoms. The molecule has 0 fully saturated rings. The second-order valence-electron chi connectivity index (χ2n) is 2.97. The van der Waals surface area contributed by atoms with Crippen LogP contribution in [0, 0.1) is 0 Å². The lowest BCUT2D eigenvalue weighted by atomic mass is 10.0. The fourth-order valence-electron chi connectivity index (χ4n) is 1.50. The molecule has 1 aromatic heterocycles. The summed E-state index contributed by atoms with van der Waals surface area (Å²) in [5, 5.41) is 10.3. The molecule has 0 saturated heterocycles. The molecule has 0 amide bonds. The Hall–Kier alpha value is -1.75. The first kappa shape index (κ1) is 8.83. The zero-order valence-corrected chi connectivity index (χ0v) is 7.60. The number of carbonyl (C=O) groups excluding carboxylic acids is 1. The zero-order valence-electron chi connectivity index (χ0n) is 7.60. The normalized spacial score (nSPS) is 19.3. The SMILES string of the molecule is COC(=O)C1c2cc[nH]c2C=CN1O. The van der Waals surface area contributed by atoms with Crippen LogP contribution in [0.2, 0.25) is 0 Å². The summed E-state index contributed by atoms with van der Waals surface area (Å²) < 4.78 is 4.60. The maximum absolute atomic E-state index is 11.4. The highest BCUT2D eigenvalue weighted by molar-refractivity contribution is 5.80. The minimum Gasteiger partial charge on any atom is -0.467 e. The number of hydrogen-bond donors (Lipinski definition) is 2. The maximum Gasteiger partial charge on any atom is 0.335 e. The van der Waals surface area contributed by atoms with E-state index in [9.17, 15) is 10.0 Å². The van der Waals surface area contributed by atoms with E-state index in [1.165, 1.54) is 13.3 Å². The minimum absolute atomic E-state index is 0.488. The van der Waals surface area contributed by atoms with Gasteiger partial charge in [0.1, 0.15) is 0 Å². The van der Waals surface area contributed by atoms with E-state index in [1.807, 2.05) is 0 Å². The van der Waals surface area contributed by atoms with Crippen LogP contribution in [0.5, 0.6) is 0 Å². The number of aromatic nitrogens is 1. The molecule has 0 spiro atoms. The number of esters is 1. The van der Waals surface area contributed by atoms with Gasteiger partial charge in [0, 0.05) is 23.7 Å². The van der Waals surface area contributed by atoms with Crippen molar-refractivity contribution >= 4 is 12.0 Å². The summed E-state index contributed by atoms with van der Waals surface area (Å²) in [6, 6.07) is 0.968. The number of ether oxygens (including phenoxy) is 1. The monoisotopic (exact) mass is 194 g/mol. The molecule has 1 aromatic rings. The number of carbonyl (C=O) groups is 1. The molecule has 0 aromatic carbocycles. The van der Waals surface area contributed by atoms with E-state index >= 15 is 0 Å². The number of nitrogens with zero attached hydrogens (tertiary/aromatic N) is 1. The van der Waals surface area contributed by atoms with E-state index in [0.717, 1.165) is 10.8 Å². The fourth-order valence-corrected chi connectivity index (χ4v) is 1.50. The zero-order chi connectivity index (χ0) is 10.1. The molecule has 1 aliphatic heterocycles. The van der Waals surface area contributed by atoms with Gasteiger partial charge in [-0.25, -0.2) is 9.86 Å². The molecule has 2 heterocycles. The van der Waals surface area contributed by atoms with Crippen molar-refractivity contribution in [1.29, 1.82) is 0 Å². The summed E-state index contributed by atoms with van der Waals surface area (Å²) in [5.41, 5.74) is 1.52. The van der Waals surface area contributed by atoms with Gasteiger partial charge >= 0.3 is 5.97 Å². The summed E-state index contributed by atoms with van der Waals surface area (Å²) >= 11 is 0. The molecule has 0 bridgehead atoms. The highest BCUT2D eigenvalue weighted by Crippen LogP contribution is 2.28. The van der Waals surface area contributed by atoms with Crippen LogP contribution in [0.3, 0.4) is 0 Å². The van der Waals surface area contributed by atoms with Gasteiger partial charge in [-0.15, -0.1) is 0 Å². The number of nitrogens with one attached hydrogen (secondary N) is 1. The number of H-pyrrole nitrogens is 1. The summed E-state index contributed by atoms with van der Waals surface area (Å²) in [6.07, 6.45) is 4.82. The Morgan fingerprint density at radius 2 is 2.50 bits per heavy atom. The van der Waals surface area contributed by atoms with Gasteiger partial charge in [-0.05, 0) is 12.1 Å². The molecule has 1 atom stereocenters. The molecule has 0 saturated carbocycles. The third-order valence-corrected chi connectivity index (χ3v) is 2.19. The quantitative estimate of drug-likeness (QED) is 0.652. The third kappa shape index (κ3) is 1.18. The first-order chi connectivity index (χ1) is 6.74. The summed E-state index contributed by atoms with van der Waals surface area (Å²) in [5.74, 6) is -0.488. The number of fused-ring (bicyclic) bond motifs is 1. The topological polar surface area (TPSA) is 65.6 Å². The Morgan fingerprint density at radius 1 is 1.71 bits per heavy atom. The van der Waals surface area contributed by atoms with Gasteiger partial charge in [0.25, 0.3) is 0 Å². The molecule has 0 aliphatic carbocycles. The van der Waals surface area contributed by atoms with Crippen LogP contribution in [0.15, 0.2) is 18.5 Å². The van der Waals surface area contributed by atoms with Crippen molar-refractivity contribution in [3.63, 3.8) is 0 Å². The van der Waals surface area contributed by atoms with Crippen LogP contribution in [-0.4, -0.2) is 28.3 Å². The number of hydrogen-bond acceptors (Lipinski definition) is 4. The number of rotatable bonds is 1. The van der Waals surface area contributed by atoms with Gasteiger partial charge < -0.3 is 9.72 Å². The van der Waals surface area contributed by atoms with Crippen LogP contribution in [-0.2, 0) is 9.53 Å². The van der Waals surface area contributed by atoms with E-state index in [-0.39, 0.29) is 0 Å². The third-order valence-electron chi connectivity index (χ3n) is 2.19. The van der Waals surface area contributed by atoms with Crippen molar-refractivity contribution in [2.24, 2.45) is 0 Å². The van der Waals surface area contributed by atoms with Crippen molar-refractivity contribution in [3.05, 3.63) is 29.7 Å². The predicted molar refractivity (Wildman–Crippen MR) is 48.2 cm³/mol. The molecule has 74 valence electrons. The molecule has 2 rings (SSSR count). The van der Waals surface area contributed by atoms with E-state index < -0.39 is 12.0 Å². The lowest BCUT2D eigenvalue weighted by Crippen LogP contribution is -2.30. The average Bonchev–Trinajstić information content (AvgIpc) is 2.64. The first-order valence-corrected chi connectivity index (χ1v) is 4.14. The highest BCUT2D eigenvalue weighted by Gasteiger charge is 2.30. The smallest absolute Gasteiger partial charge is 0.335 e. The molecule has 14 heavy (non-hydrogen) atoms. The standard InChI is InChI=1S/C9H10N2O3/c1-14-9(12)8-6-2-4-10-7(6)3-5-11(8)13/h2-5,8,10,13H,1H3. The van der Waals surface area contributed by atoms with Gasteiger partial charge in [-0.3, -0.25) is 5.21 Å². The number of aromatic amines is 1. The second kappa shape index (κ2) is 3.19. The van der Waals surface area contributed by atoms with Crippen molar-refractivity contribution in [2.45, 2.75) is 6.04 Å². The Balaban J connectivity index is 2.42. The van der Waals surface area contributed by atoms with E-state index in [4.69, 9.17) is 0 Å². The average molecular weight is 194 g/mol. The van der Waals surface area contributed by atoms with E-state index in [1.54, 1.807) is 18.3 Å². The van der Waals surface area contributed by atoms with Gasteiger partial charge in [0.15, 0.2) is 6.04 Å². The maximum atomic E-state index is 11.4. The Kier molecular flexibility index (Phi) is 2.01. The summed E-state index contributed by atoms with van der Waals surface area (Å²) in [4.78, 5) is 14.3. The molecule has 1 unspecified atom stereocenters. The number of methoxy groups -OCH3 is 1. The van der Waals surface area contributed by atoms with Crippen LogP contribution in [0.1, 0.15) is 17.3 Å². The first-order valence-electron chi connectivity index (χ1n) is 4.14. The lowest BCUT2D eigenvalue weighted by Gasteiger charge is -2.25. The molecule has 5 nitrogen and oxygen atoms in total. The Labute approximate surface area is 80.6 Å². The van der Waals surface area contributed by atoms with Crippen molar-refractivity contribution in [1.82, 2.24) is 10.0 Å². The fraction of sp³-hybridized carbons (Fsp3) is 0.222. The van der Waals surface area contributed by atoms with Crippen LogP contribution < -0.4 is 0 Å².